The Labute approximate surface area is 209 Å². The van der Waals surface area contributed by atoms with Crippen molar-refractivity contribution in [2.75, 3.05) is 44.6 Å². The summed E-state index contributed by atoms with van der Waals surface area (Å²) in [7, 11) is 7.27. The van der Waals surface area contributed by atoms with Crippen molar-refractivity contribution >= 4 is 33.6 Å². The van der Waals surface area contributed by atoms with Gasteiger partial charge in [-0.3, -0.25) is 14.1 Å². The second-order valence-electron chi connectivity index (χ2n) is 8.77. The molecule has 5 aromatic rings. The lowest BCUT2D eigenvalue weighted by Gasteiger charge is -2.19. The first kappa shape index (κ1) is 23.5. The lowest BCUT2D eigenvalue weighted by Crippen LogP contribution is -2.24. The van der Waals surface area contributed by atoms with E-state index in [-0.39, 0.29) is 5.69 Å². The fourth-order valence-corrected chi connectivity index (χ4v) is 4.44. The molecule has 0 fully saturated rings. The molecule has 5 rings (SSSR count). The summed E-state index contributed by atoms with van der Waals surface area (Å²) in [4.78, 5) is 29.4. The van der Waals surface area contributed by atoms with E-state index in [0.29, 0.717) is 6.61 Å². The Morgan fingerprint density at radius 1 is 1.06 bits per heavy atom. The summed E-state index contributed by atoms with van der Waals surface area (Å²) in [5.41, 5.74) is 5.72. The number of hydrogen-bond donors (Lipinski definition) is 1. The maximum atomic E-state index is 13.5. The molecule has 0 saturated heterocycles. The molecular formula is C27H29N7O2. The number of ether oxygens (including phenoxy) is 1. The van der Waals surface area contributed by atoms with Crippen LogP contribution in [0.5, 0.6) is 0 Å². The molecule has 0 amide bonds. The third-order valence-electron chi connectivity index (χ3n) is 6.54. The van der Waals surface area contributed by atoms with Crippen LogP contribution in [0.25, 0.3) is 38.8 Å². The molecule has 1 N–H and O–H groups in total. The van der Waals surface area contributed by atoms with E-state index in [9.17, 15) is 4.79 Å². The van der Waals surface area contributed by atoms with Crippen molar-refractivity contribution in [3.05, 3.63) is 71.0 Å². The summed E-state index contributed by atoms with van der Waals surface area (Å²) in [5.74, 6) is 1.63. The number of likely N-dealkylation sites (N-methyl/N-ethyl adjacent to an activating group) is 1. The average Bonchev–Trinajstić information content (AvgIpc) is 3.16. The molecule has 1 aromatic carbocycles. The van der Waals surface area contributed by atoms with Crippen molar-refractivity contribution in [3.8, 4) is 16.8 Å². The number of pyridine rings is 3. The number of rotatable bonds is 7. The highest BCUT2D eigenvalue weighted by atomic mass is 16.5. The van der Waals surface area contributed by atoms with Gasteiger partial charge < -0.3 is 15.0 Å². The molecule has 0 saturated carbocycles. The Bertz CT molecular complexity index is 1620. The van der Waals surface area contributed by atoms with Crippen LogP contribution in [-0.2, 0) is 11.8 Å². The van der Waals surface area contributed by atoms with Crippen molar-refractivity contribution in [3.63, 3.8) is 0 Å². The molecule has 4 heterocycles. The molecule has 0 aliphatic carbocycles. The Morgan fingerprint density at radius 3 is 2.56 bits per heavy atom. The molecule has 0 radical (unpaired) electrons. The van der Waals surface area contributed by atoms with E-state index in [1.807, 2.05) is 68.5 Å². The highest BCUT2D eigenvalue weighted by Crippen LogP contribution is 2.30. The van der Waals surface area contributed by atoms with Gasteiger partial charge in [-0.1, -0.05) is 6.07 Å². The third kappa shape index (κ3) is 3.97. The summed E-state index contributed by atoms with van der Waals surface area (Å²) in [6.45, 7) is 3.26. The van der Waals surface area contributed by atoms with Gasteiger partial charge in [0.1, 0.15) is 11.6 Å². The quantitative estimate of drug-likeness (QED) is 0.377. The van der Waals surface area contributed by atoms with E-state index in [4.69, 9.17) is 9.72 Å². The standard InChI is InChI=1S/C27H29N7O2/c1-17-22(9-11-25(31-17)32(3)12-13-36-5)34-26-20-14-18(19-7-10-24(28-2)30-15-19)6-8-21(20)29-16-23(26)33(4)27(34)35/h6-11,14-16H,12-13H2,1-5H3,(H,28,30). The van der Waals surface area contributed by atoms with Gasteiger partial charge in [0.05, 0.1) is 40.7 Å². The van der Waals surface area contributed by atoms with Gasteiger partial charge in [0.25, 0.3) is 0 Å². The Hall–Kier alpha value is -4.24. The van der Waals surface area contributed by atoms with Gasteiger partial charge in [0.2, 0.25) is 0 Å². The lowest BCUT2D eigenvalue weighted by molar-refractivity contribution is 0.206. The summed E-state index contributed by atoms with van der Waals surface area (Å²) in [6, 6.07) is 13.9. The predicted molar refractivity (Wildman–Crippen MR) is 144 cm³/mol. The number of hydrogen-bond acceptors (Lipinski definition) is 7. The minimum atomic E-state index is -0.143. The maximum absolute atomic E-state index is 13.5. The van der Waals surface area contributed by atoms with Gasteiger partial charge in [-0.2, -0.15) is 0 Å². The predicted octanol–water partition coefficient (Wildman–Crippen LogP) is 3.77. The number of benzene rings is 1. The van der Waals surface area contributed by atoms with E-state index < -0.39 is 0 Å². The SMILES string of the molecule is CNc1ccc(-c2ccc3ncc4c(c3c2)n(-c2ccc(N(C)CCOC)nc2C)c(=O)n4C)cn1. The average molecular weight is 484 g/mol. The zero-order valence-electron chi connectivity index (χ0n) is 21.1. The van der Waals surface area contributed by atoms with Crippen LogP contribution in [-0.4, -0.2) is 58.4 Å². The first-order valence-corrected chi connectivity index (χ1v) is 11.8. The fourth-order valence-electron chi connectivity index (χ4n) is 4.44. The van der Waals surface area contributed by atoms with Crippen LogP contribution in [0.3, 0.4) is 0 Å². The van der Waals surface area contributed by atoms with Gasteiger partial charge in [0.15, 0.2) is 0 Å². The summed E-state index contributed by atoms with van der Waals surface area (Å²) >= 11 is 0. The molecule has 9 nitrogen and oxygen atoms in total. The molecule has 0 bridgehead atoms. The van der Waals surface area contributed by atoms with Gasteiger partial charge in [-0.25, -0.2) is 14.8 Å². The smallest absolute Gasteiger partial charge is 0.333 e. The zero-order chi connectivity index (χ0) is 25.4. The molecule has 36 heavy (non-hydrogen) atoms. The number of nitrogens with one attached hydrogen (secondary N) is 1. The minimum Gasteiger partial charge on any atom is -0.383 e. The number of anilines is 2. The number of aromatic nitrogens is 5. The second-order valence-corrected chi connectivity index (χ2v) is 8.77. The molecular weight excluding hydrogens is 454 g/mol. The molecule has 9 heteroatoms. The van der Waals surface area contributed by atoms with Gasteiger partial charge in [-0.15, -0.1) is 0 Å². The van der Waals surface area contributed by atoms with E-state index >= 15 is 0 Å². The third-order valence-corrected chi connectivity index (χ3v) is 6.54. The van der Waals surface area contributed by atoms with Gasteiger partial charge in [0, 0.05) is 51.9 Å². The summed E-state index contributed by atoms with van der Waals surface area (Å²) < 4.78 is 8.56. The first-order valence-electron chi connectivity index (χ1n) is 11.8. The van der Waals surface area contributed by atoms with Crippen molar-refractivity contribution in [1.29, 1.82) is 0 Å². The summed E-state index contributed by atoms with van der Waals surface area (Å²) in [5, 5.41) is 3.93. The number of aryl methyl sites for hydroxylation is 2. The van der Waals surface area contributed by atoms with Gasteiger partial charge >= 0.3 is 5.69 Å². The zero-order valence-corrected chi connectivity index (χ0v) is 21.1. The van der Waals surface area contributed by atoms with Crippen molar-refractivity contribution in [2.45, 2.75) is 6.92 Å². The maximum Gasteiger partial charge on any atom is 0.333 e. The lowest BCUT2D eigenvalue weighted by atomic mass is 10.0. The highest BCUT2D eigenvalue weighted by molar-refractivity contribution is 6.04. The Kier molecular flexibility index (Phi) is 6.15. The largest absolute Gasteiger partial charge is 0.383 e. The van der Waals surface area contributed by atoms with E-state index in [2.05, 4.69) is 21.4 Å². The molecule has 0 spiro atoms. The summed E-state index contributed by atoms with van der Waals surface area (Å²) in [6.07, 6.45) is 3.60. The van der Waals surface area contributed by atoms with E-state index in [1.54, 1.807) is 29.5 Å². The first-order chi connectivity index (χ1) is 17.4. The van der Waals surface area contributed by atoms with Crippen molar-refractivity contribution in [2.24, 2.45) is 7.05 Å². The molecule has 0 atom stereocenters. The molecule has 4 aromatic heterocycles. The van der Waals surface area contributed by atoms with Crippen LogP contribution in [0.2, 0.25) is 0 Å². The van der Waals surface area contributed by atoms with E-state index in [0.717, 1.165) is 62.6 Å². The van der Waals surface area contributed by atoms with Crippen LogP contribution < -0.4 is 15.9 Å². The highest BCUT2D eigenvalue weighted by Gasteiger charge is 2.19. The normalized spacial score (nSPS) is 11.4. The number of fused-ring (bicyclic) bond motifs is 3. The molecule has 0 aliphatic rings. The Morgan fingerprint density at radius 2 is 1.86 bits per heavy atom. The van der Waals surface area contributed by atoms with Crippen molar-refractivity contribution < 1.29 is 4.74 Å². The molecule has 184 valence electrons. The van der Waals surface area contributed by atoms with Crippen LogP contribution in [0.1, 0.15) is 5.69 Å². The topological polar surface area (TPSA) is 90.1 Å². The monoisotopic (exact) mass is 483 g/mol. The van der Waals surface area contributed by atoms with Crippen LogP contribution in [0.15, 0.2) is 59.7 Å². The van der Waals surface area contributed by atoms with Crippen molar-refractivity contribution in [1.82, 2.24) is 24.1 Å². The van der Waals surface area contributed by atoms with Gasteiger partial charge in [-0.05, 0) is 48.9 Å². The Balaban J connectivity index is 1.70. The second kappa shape index (κ2) is 9.43. The molecule has 0 aliphatic heterocycles. The van der Waals surface area contributed by atoms with Crippen LogP contribution in [0, 0.1) is 6.92 Å². The number of nitrogens with zero attached hydrogens (tertiary/aromatic N) is 6. The molecule has 0 unspecified atom stereocenters. The number of imidazole rings is 1. The fraction of sp³-hybridized carbons (Fsp3) is 0.259. The van der Waals surface area contributed by atoms with E-state index in [1.165, 1.54) is 0 Å². The minimum absolute atomic E-state index is 0.143. The number of methoxy groups -OCH3 is 1. The van der Waals surface area contributed by atoms with Crippen LogP contribution >= 0.6 is 0 Å². The van der Waals surface area contributed by atoms with Crippen LogP contribution in [0.4, 0.5) is 11.6 Å².